The minimum Gasteiger partial charge on any atom is -0.445 e. The number of fused-ring (bicyclic) bond motifs is 3. The molecule has 2 fully saturated rings. The molecule has 0 amide bonds. The van der Waals surface area contributed by atoms with Gasteiger partial charge in [0.25, 0.3) is 0 Å². The van der Waals surface area contributed by atoms with Crippen LogP contribution in [0.2, 0.25) is 0 Å². The van der Waals surface area contributed by atoms with E-state index in [9.17, 15) is 9.59 Å². The van der Waals surface area contributed by atoms with Crippen LogP contribution >= 0.6 is 0 Å². The summed E-state index contributed by atoms with van der Waals surface area (Å²) in [7, 11) is 2.16. The highest BCUT2D eigenvalue weighted by Crippen LogP contribution is 2.34. The van der Waals surface area contributed by atoms with Gasteiger partial charge in [0.15, 0.2) is 0 Å². The summed E-state index contributed by atoms with van der Waals surface area (Å²) in [6.07, 6.45) is 4.62. The molecule has 4 rings (SSSR count). The summed E-state index contributed by atoms with van der Waals surface area (Å²) >= 11 is 0. The lowest BCUT2D eigenvalue weighted by molar-refractivity contribution is -0.0192. The van der Waals surface area contributed by atoms with Crippen molar-refractivity contribution in [2.75, 3.05) is 7.05 Å². The van der Waals surface area contributed by atoms with Crippen LogP contribution in [0.5, 0.6) is 0 Å². The fraction of sp³-hybridized carbons (Fsp3) is 0.529. The molecular weight excluding hydrogens is 294 g/mol. The zero-order valence-corrected chi connectivity index (χ0v) is 13.2. The number of nitrogens with one attached hydrogen (secondary N) is 1. The number of rotatable bonds is 1. The number of hydrogen-bond acceptors (Lipinski definition) is 4. The number of aromatic amines is 1. The Kier molecular flexibility index (Phi) is 3.49. The van der Waals surface area contributed by atoms with Gasteiger partial charge >= 0.3 is 11.8 Å². The Morgan fingerprint density at radius 3 is 2.65 bits per heavy atom. The van der Waals surface area contributed by atoms with Crippen LogP contribution in [-0.4, -0.2) is 45.8 Å². The molecule has 6 nitrogen and oxygen atoms in total. The van der Waals surface area contributed by atoms with Crippen molar-refractivity contribution in [1.29, 1.82) is 0 Å². The van der Waals surface area contributed by atoms with Crippen LogP contribution in [0.4, 0.5) is 4.79 Å². The number of carbonyl (C=O) groups is 1. The Balaban J connectivity index is 1.56. The summed E-state index contributed by atoms with van der Waals surface area (Å²) in [6.45, 7) is 0. The molecule has 2 aliphatic heterocycles. The molecule has 1 unspecified atom stereocenters. The molecule has 1 N–H and O–H groups in total. The number of H-pyrrole nitrogens is 1. The molecular formula is C17H21N3O3. The average Bonchev–Trinajstić information content (AvgIpc) is 2.84. The number of carbonyl (C=O) groups excluding carboxylic acids is 1. The van der Waals surface area contributed by atoms with Gasteiger partial charge in [-0.15, -0.1) is 0 Å². The fourth-order valence-electron chi connectivity index (χ4n) is 4.09. The van der Waals surface area contributed by atoms with Crippen LogP contribution in [-0.2, 0) is 4.74 Å². The first-order valence-corrected chi connectivity index (χ1v) is 8.26. The molecule has 122 valence electrons. The fourth-order valence-corrected chi connectivity index (χ4v) is 4.09. The lowest BCUT2D eigenvalue weighted by Gasteiger charge is -2.46. The van der Waals surface area contributed by atoms with Gasteiger partial charge < -0.3 is 14.6 Å². The van der Waals surface area contributed by atoms with E-state index in [4.69, 9.17) is 4.74 Å². The van der Waals surface area contributed by atoms with Crippen LogP contribution < -0.4 is 5.69 Å². The maximum Gasteiger partial charge on any atom is 0.423 e. The number of imidazole rings is 1. The Labute approximate surface area is 134 Å². The number of hydrogen-bond donors (Lipinski definition) is 1. The zero-order chi connectivity index (χ0) is 16.0. The summed E-state index contributed by atoms with van der Waals surface area (Å²) in [6, 6.07) is 8.13. The number of nitrogens with zero attached hydrogens (tertiary/aromatic N) is 2. The number of ether oxygens (including phenoxy) is 1. The van der Waals surface area contributed by atoms with Crippen LogP contribution in [0.1, 0.15) is 32.1 Å². The van der Waals surface area contributed by atoms with Crippen molar-refractivity contribution in [2.45, 2.75) is 50.3 Å². The Morgan fingerprint density at radius 1 is 1.22 bits per heavy atom. The average molecular weight is 315 g/mol. The van der Waals surface area contributed by atoms with Gasteiger partial charge in [0.05, 0.1) is 11.0 Å². The minimum atomic E-state index is -0.569. The van der Waals surface area contributed by atoms with Crippen molar-refractivity contribution < 1.29 is 9.53 Å². The SMILES string of the molecule is CN1[C@@H]2CCC[C@H]1CC(OC(=O)n1c(=O)[nH]c3ccccc31)C2. The first-order valence-electron chi connectivity index (χ1n) is 8.26. The third-order valence-corrected chi connectivity index (χ3v) is 5.34. The summed E-state index contributed by atoms with van der Waals surface area (Å²) in [5.74, 6) is 0. The Hall–Kier alpha value is -2.08. The largest absolute Gasteiger partial charge is 0.445 e. The molecule has 2 aromatic rings. The van der Waals surface area contributed by atoms with E-state index in [1.165, 1.54) is 6.42 Å². The minimum absolute atomic E-state index is 0.102. The number of para-hydroxylation sites is 2. The van der Waals surface area contributed by atoms with E-state index in [-0.39, 0.29) is 6.10 Å². The second-order valence-corrected chi connectivity index (χ2v) is 6.66. The highest BCUT2D eigenvalue weighted by molar-refractivity contribution is 5.86. The standard InChI is InChI=1S/C17H21N3O3/c1-19-11-5-4-6-12(19)10-13(9-11)23-17(22)20-15-8-3-2-7-14(15)18-16(20)21/h2-3,7-8,11-13H,4-6,9-10H2,1H3,(H,18,21)/t11-,12+,13?. The van der Waals surface area contributed by atoms with Gasteiger partial charge in [-0.3, -0.25) is 0 Å². The van der Waals surface area contributed by atoms with Gasteiger partial charge in [0.1, 0.15) is 6.10 Å². The Morgan fingerprint density at radius 2 is 1.91 bits per heavy atom. The van der Waals surface area contributed by atoms with Gasteiger partial charge in [-0.1, -0.05) is 18.6 Å². The molecule has 0 radical (unpaired) electrons. The summed E-state index contributed by atoms with van der Waals surface area (Å²) in [5.41, 5.74) is 0.773. The van der Waals surface area contributed by atoms with Crippen molar-refractivity contribution in [2.24, 2.45) is 0 Å². The van der Waals surface area contributed by atoms with Crippen molar-refractivity contribution in [3.05, 3.63) is 34.7 Å². The molecule has 2 bridgehead atoms. The van der Waals surface area contributed by atoms with E-state index < -0.39 is 11.8 Å². The molecule has 0 aliphatic carbocycles. The highest BCUT2D eigenvalue weighted by Gasteiger charge is 2.37. The monoisotopic (exact) mass is 315 g/mol. The Bertz CT molecular complexity index is 780. The van der Waals surface area contributed by atoms with Crippen molar-refractivity contribution in [3.8, 4) is 0 Å². The van der Waals surface area contributed by atoms with Crippen LogP contribution in [0, 0.1) is 0 Å². The van der Waals surface area contributed by atoms with E-state index in [1.807, 2.05) is 6.07 Å². The van der Waals surface area contributed by atoms with Crippen molar-refractivity contribution in [3.63, 3.8) is 0 Å². The lowest BCUT2D eigenvalue weighted by atomic mass is 9.83. The van der Waals surface area contributed by atoms with E-state index >= 15 is 0 Å². The van der Waals surface area contributed by atoms with Crippen LogP contribution in [0.25, 0.3) is 11.0 Å². The van der Waals surface area contributed by atoms with Crippen LogP contribution in [0.15, 0.2) is 29.1 Å². The maximum absolute atomic E-state index is 12.5. The van der Waals surface area contributed by atoms with E-state index in [1.54, 1.807) is 18.2 Å². The van der Waals surface area contributed by atoms with Gasteiger partial charge in [-0.2, -0.15) is 4.57 Å². The molecule has 2 aliphatic rings. The van der Waals surface area contributed by atoms with Gasteiger partial charge in [-0.05, 0) is 32.0 Å². The predicted octanol–water partition coefficient (Wildman–Crippen LogP) is 2.33. The van der Waals surface area contributed by atoms with Crippen LogP contribution in [0.3, 0.4) is 0 Å². The van der Waals surface area contributed by atoms with Crippen molar-refractivity contribution in [1.82, 2.24) is 14.5 Å². The number of piperidine rings is 2. The second-order valence-electron chi connectivity index (χ2n) is 6.66. The maximum atomic E-state index is 12.5. The zero-order valence-electron chi connectivity index (χ0n) is 13.2. The van der Waals surface area contributed by atoms with E-state index in [0.717, 1.165) is 30.3 Å². The lowest BCUT2D eigenvalue weighted by Crippen LogP contribution is -2.52. The van der Waals surface area contributed by atoms with E-state index in [0.29, 0.717) is 23.1 Å². The normalized spacial score (nSPS) is 28.0. The smallest absolute Gasteiger partial charge is 0.423 e. The van der Waals surface area contributed by atoms with Crippen molar-refractivity contribution >= 4 is 17.1 Å². The van der Waals surface area contributed by atoms with Gasteiger partial charge in [0, 0.05) is 24.9 Å². The molecule has 1 aromatic heterocycles. The third kappa shape index (κ3) is 2.47. The molecule has 3 atom stereocenters. The third-order valence-electron chi connectivity index (χ3n) is 5.34. The number of aromatic nitrogens is 2. The quantitative estimate of drug-likeness (QED) is 0.877. The summed E-state index contributed by atoms with van der Waals surface area (Å²) in [4.78, 5) is 29.7. The second kappa shape index (κ2) is 5.53. The molecule has 6 heteroatoms. The molecule has 0 spiro atoms. The molecule has 0 saturated carbocycles. The molecule has 23 heavy (non-hydrogen) atoms. The first kappa shape index (κ1) is 14.5. The molecule has 1 aromatic carbocycles. The molecule has 3 heterocycles. The van der Waals surface area contributed by atoms with Gasteiger partial charge in [-0.25, -0.2) is 9.59 Å². The summed E-state index contributed by atoms with van der Waals surface area (Å²) in [5, 5.41) is 0. The topological polar surface area (TPSA) is 67.3 Å². The first-order chi connectivity index (χ1) is 11.1. The van der Waals surface area contributed by atoms with E-state index in [2.05, 4.69) is 16.9 Å². The predicted molar refractivity (Wildman–Crippen MR) is 86.6 cm³/mol. The molecule has 2 saturated heterocycles. The van der Waals surface area contributed by atoms with Gasteiger partial charge in [0.2, 0.25) is 0 Å². The highest BCUT2D eigenvalue weighted by atomic mass is 16.6. The number of benzene rings is 1. The summed E-state index contributed by atoms with van der Waals surface area (Å²) < 4.78 is 6.79.